The molecular formula is H12ClFN4O3. The van der Waals surface area contributed by atoms with Crippen molar-refractivity contribution >= 4 is 0 Å². The summed E-state index contributed by atoms with van der Waals surface area (Å²) in [7, 11) is 0. The molecule has 0 bridgehead atoms. The molecule has 7 nitrogen and oxygen atoms in total. The van der Waals surface area contributed by atoms with Crippen LogP contribution < -0.4 is 35.6 Å². The quantitative estimate of drug-likeness (QED) is 0.244. The predicted molar refractivity (Wildman–Crippen MR) is 28.3 cm³/mol. The maximum Gasteiger partial charge on any atom is 0.0689 e. The molecule has 0 saturated carbocycles. The van der Waals surface area contributed by atoms with E-state index in [1.807, 2.05) is 0 Å². The van der Waals surface area contributed by atoms with Gasteiger partial charge in [-0.3, -0.25) is 0 Å². The Morgan fingerprint density at radius 2 is 1.00 bits per heavy atom. The summed E-state index contributed by atoms with van der Waals surface area (Å²) in [6.45, 7) is 0. The summed E-state index contributed by atoms with van der Waals surface area (Å²) in [5, 5.41) is 14.8. The van der Waals surface area contributed by atoms with E-state index in [0.717, 1.165) is 0 Å². The third kappa shape index (κ3) is 418. The molecule has 0 aliphatic rings. The van der Waals surface area contributed by atoms with E-state index < -0.39 is 5.09 Å². The molecule has 9 heteroatoms. The van der Waals surface area contributed by atoms with E-state index >= 15 is 0 Å². The van der Waals surface area contributed by atoms with Crippen molar-refractivity contribution in [3.8, 4) is 0 Å². The lowest BCUT2D eigenvalue weighted by Crippen LogP contribution is -3.00. The average Bonchev–Trinajstić information content (AvgIpc) is 0.811. The zero-order valence-electron chi connectivity index (χ0n) is 5.43. The summed E-state index contributed by atoms with van der Waals surface area (Å²) >= 11 is 0. The second-order valence-electron chi connectivity index (χ2n) is 0.224. The molecule has 0 rings (SSSR count). The number of hydrogen-bond acceptors (Lipinski definition) is 3. The van der Waals surface area contributed by atoms with Gasteiger partial charge in [-0.05, 0) is 0 Å². The Bertz CT molecular complexity index is 38.8. The lowest BCUT2D eigenvalue weighted by molar-refractivity contribution is -0.402. The fraction of sp³-hybridized carbons (Fsp3) is 0. The van der Waals surface area contributed by atoms with E-state index in [0.29, 0.717) is 0 Å². The van der Waals surface area contributed by atoms with Gasteiger partial charge in [0.1, 0.15) is 0 Å². The van der Waals surface area contributed by atoms with E-state index in [1.54, 1.807) is 0 Å². The highest BCUT2D eigenvalue weighted by atomic mass is 35.5. The van der Waals surface area contributed by atoms with Crippen molar-refractivity contribution in [1.29, 1.82) is 0 Å². The van der Waals surface area contributed by atoms with Crippen molar-refractivity contribution in [3.63, 3.8) is 0 Å². The smallest absolute Gasteiger partial charge is 0.0689 e. The molecule has 0 heterocycles. The van der Waals surface area contributed by atoms with Crippen LogP contribution in [-0.4, -0.2) is 5.09 Å². The Kier molecular flexibility index (Phi) is 509. The minimum absolute atomic E-state index is 0. The van der Waals surface area contributed by atoms with Crippen molar-refractivity contribution in [3.05, 3.63) is 15.3 Å². The van der Waals surface area contributed by atoms with Crippen molar-refractivity contribution < 1.29 is 22.2 Å². The molecule has 0 aromatic rings. The zero-order valence-corrected chi connectivity index (χ0v) is 6.18. The summed E-state index contributed by atoms with van der Waals surface area (Å²) in [6, 6.07) is 0. The Labute approximate surface area is 57.1 Å². The fourth-order valence-corrected chi connectivity index (χ4v) is 0. The number of quaternary nitrogens is 3. The third-order valence-electron chi connectivity index (χ3n) is 0. The van der Waals surface area contributed by atoms with Crippen LogP contribution >= 0.6 is 0 Å². The van der Waals surface area contributed by atoms with E-state index in [4.69, 9.17) is 15.3 Å². The van der Waals surface area contributed by atoms with Gasteiger partial charge in [0, 0.05) is 0 Å². The van der Waals surface area contributed by atoms with Crippen LogP contribution in [0.25, 0.3) is 0 Å². The van der Waals surface area contributed by atoms with Gasteiger partial charge in [-0.1, -0.05) is 0 Å². The summed E-state index contributed by atoms with van der Waals surface area (Å²) in [5.41, 5.74) is 0. The second kappa shape index (κ2) is 54.8. The lowest BCUT2D eigenvalue weighted by atomic mass is 13.1. The van der Waals surface area contributed by atoms with Crippen molar-refractivity contribution in [2.75, 3.05) is 0 Å². The van der Waals surface area contributed by atoms with Crippen LogP contribution in [0.4, 0.5) is 0 Å². The monoisotopic (exact) mass is 170 g/mol. The SMILES string of the molecule is O=[N+]([O-])[O-].[Cl-].[F-].[NH4+].[NH4+].[NH4+]. The van der Waals surface area contributed by atoms with Crippen molar-refractivity contribution in [2.45, 2.75) is 0 Å². The standard InChI is InChI=1S/ClH.FH.NO3.3H3N/c;;2-1(3)4;;;/h2*1H;;3*1H3/q;;-1;;;/p+1. The van der Waals surface area contributed by atoms with Gasteiger partial charge >= 0.3 is 0 Å². The van der Waals surface area contributed by atoms with E-state index in [1.165, 1.54) is 0 Å². The van der Waals surface area contributed by atoms with Crippen LogP contribution in [0.5, 0.6) is 0 Å². The summed E-state index contributed by atoms with van der Waals surface area (Å²) < 4.78 is 0. The summed E-state index contributed by atoms with van der Waals surface area (Å²) in [4.78, 5) is 8.25. The highest BCUT2D eigenvalue weighted by Gasteiger charge is 1.45. The molecule has 0 radical (unpaired) electrons. The highest BCUT2D eigenvalue weighted by Crippen LogP contribution is 1.44. The van der Waals surface area contributed by atoms with Gasteiger partial charge in [0.15, 0.2) is 0 Å². The molecule has 0 aliphatic heterocycles. The maximum absolute atomic E-state index is 8.25. The number of hydrogen-bond donors (Lipinski definition) is 3. The highest BCUT2D eigenvalue weighted by molar-refractivity contribution is 4.03. The molecule has 0 saturated heterocycles. The van der Waals surface area contributed by atoms with Crippen LogP contribution in [-0.2, 0) is 0 Å². The molecule has 0 unspecified atom stereocenters. The molecule has 0 fully saturated rings. The third-order valence-corrected chi connectivity index (χ3v) is 0. The Morgan fingerprint density at radius 1 is 1.00 bits per heavy atom. The first-order chi connectivity index (χ1) is 1.73. The number of halogens is 2. The second-order valence-corrected chi connectivity index (χ2v) is 0.224. The van der Waals surface area contributed by atoms with E-state index in [-0.39, 0.29) is 35.6 Å². The minimum atomic E-state index is -1.75. The molecule has 0 aromatic carbocycles. The van der Waals surface area contributed by atoms with Gasteiger partial charge in [0.2, 0.25) is 0 Å². The number of rotatable bonds is 0. The van der Waals surface area contributed by atoms with Gasteiger partial charge in [-0.15, -0.1) is 0 Å². The fourth-order valence-electron chi connectivity index (χ4n) is 0. The molecule has 0 amide bonds. The van der Waals surface area contributed by atoms with Gasteiger partial charge in [-0.2, -0.15) is 0 Å². The van der Waals surface area contributed by atoms with Crippen molar-refractivity contribution in [2.24, 2.45) is 0 Å². The van der Waals surface area contributed by atoms with Crippen LogP contribution in [0, 0.1) is 15.3 Å². The van der Waals surface area contributed by atoms with Gasteiger partial charge in [-0.25, -0.2) is 0 Å². The largest absolute Gasteiger partial charge is 1.00 e. The molecular weight excluding hydrogens is 158 g/mol. The maximum atomic E-state index is 8.25. The Morgan fingerprint density at radius 3 is 1.00 bits per heavy atom. The summed E-state index contributed by atoms with van der Waals surface area (Å²) in [6.07, 6.45) is 0. The van der Waals surface area contributed by atoms with Gasteiger partial charge in [0.05, 0.1) is 5.09 Å². The first-order valence-electron chi connectivity index (χ1n) is 0.548. The predicted octanol–water partition coefficient (Wildman–Crippen LogP) is -5.10. The van der Waals surface area contributed by atoms with Crippen LogP contribution in [0.2, 0.25) is 0 Å². The molecule has 0 aliphatic carbocycles. The van der Waals surface area contributed by atoms with Crippen molar-refractivity contribution in [1.82, 2.24) is 18.5 Å². The minimum Gasteiger partial charge on any atom is -1.00 e. The molecule has 12 N–H and O–H groups in total. The first-order valence-corrected chi connectivity index (χ1v) is 0.548. The Hall–Kier alpha value is -0.700. The lowest BCUT2D eigenvalue weighted by Gasteiger charge is -1.74. The van der Waals surface area contributed by atoms with E-state index in [9.17, 15) is 0 Å². The van der Waals surface area contributed by atoms with E-state index in [2.05, 4.69) is 0 Å². The van der Waals surface area contributed by atoms with Gasteiger partial charge in [0.25, 0.3) is 0 Å². The zero-order chi connectivity index (χ0) is 3.58. The molecule has 0 atom stereocenters. The van der Waals surface area contributed by atoms with Crippen LogP contribution in [0.3, 0.4) is 0 Å². The normalized spacial score (nSPS) is 2.67. The van der Waals surface area contributed by atoms with Crippen LogP contribution in [0.1, 0.15) is 0 Å². The molecule has 9 heavy (non-hydrogen) atoms. The molecule has 0 spiro atoms. The number of nitrogens with zero attached hydrogens (tertiary/aromatic N) is 1. The summed E-state index contributed by atoms with van der Waals surface area (Å²) in [5.74, 6) is 0. The Balaban J connectivity index is -0.00000000450. The average molecular weight is 171 g/mol. The first kappa shape index (κ1) is 83.6. The molecule has 64 valence electrons. The van der Waals surface area contributed by atoms with Gasteiger partial charge < -0.3 is 50.9 Å². The topological polar surface area (TPSA) is 176 Å². The molecule has 0 aromatic heterocycles. The van der Waals surface area contributed by atoms with Crippen LogP contribution in [0.15, 0.2) is 0 Å².